The second-order valence-electron chi connectivity index (χ2n) is 2.70. The van der Waals surface area contributed by atoms with E-state index in [-0.39, 0.29) is 5.56 Å². The fourth-order valence-corrected chi connectivity index (χ4v) is 2.99. The minimum absolute atomic E-state index is 0.181. The molecule has 0 radical (unpaired) electrons. The van der Waals surface area contributed by atoms with Crippen LogP contribution in [-0.2, 0) is 9.05 Å². The van der Waals surface area contributed by atoms with Crippen LogP contribution in [0.15, 0.2) is 11.1 Å². The van der Waals surface area contributed by atoms with Crippen molar-refractivity contribution in [2.75, 3.05) is 0 Å². The number of aromatic nitrogens is 1. The summed E-state index contributed by atoms with van der Waals surface area (Å²) < 4.78 is 46.9. The Hall–Kier alpha value is -0.460. The SMILES string of the molecule is Cc1c(C(F)F)cnc(Cl)c1S(=O)(=O)Cl. The smallest absolute Gasteiger partial charge is 0.243 e. The zero-order valence-corrected chi connectivity index (χ0v) is 9.67. The average molecular weight is 276 g/mol. The molecular formula is C7H5Cl2F2NO2S. The van der Waals surface area contributed by atoms with Crippen LogP contribution in [0.4, 0.5) is 8.78 Å². The Kier molecular flexibility index (Phi) is 3.52. The molecule has 0 fully saturated rings. The number of hydrogen-bond acceptors (Lipinski definition) is 3. The van der Waals surface area contributed by atoms with Gasteiger partial charge in [-0.1, -0.05) is 11.6 Å². The van der Waals surface area contributed by atoms with Crippen LogP contribution < -0.4 is 0 Å². The van der Waals surface area contributed by atoms with Gasteiger partial charge in [-0.3, -0.25) is 0 Å². The van der Waals surface area contributed by atoms with Crippen molar-refractivity contribution in [3.8, 4) is 0 Å². The van der Waals surface area contributed by atoms with Crippen molar-refractivity contribution in [1.82, 2.24) is 4.98 Å². The van der Waals surface area contributed by atoms with Crippen molar-refractivity contribution in [2.45, 2.75) is 18.2 Å². The Bertz CT molecular complexity index is 490. The van der Waals surface area contributed by atoms with Crippen molar-refractivity contribution in [3.05, 3.63) is 22.5 Å². The Morgan fingerprint density at radius 1 is 1.47 bits per heavy atom. The van der Waals surface area contributed by atoms with Gasteiger partial charge in [-0.15, -0.1) is 0 Å². The summed E-state index contributed by atoms with van der Waals surface area (Å²) in [7, 11) is 0.873. The van der Waals surface area contributed by atoms with E-state index >= 15 is 0 Å². The molecule has 0 saturated heterocycles. The summed E-state index contributed by atoms with van der Waals surface area (Å²) in [6, 6.07) is 0. The van der Waals surface area contributed by atoms with E-state index in [2.05, 4.69) is 4.98 Å². The molecule has 1 rings (SSSR count). The first-order valence-corrected chi connectivity index (χ1v) is 6.31. The van der Waals surface area contributed by atoms with Crippen LogP contribution in [0.3, 0.4) is 0 Å². The molecule has 1 aromatic heterocycles. The molecule has 15 heavy (non-hydrogen) atoms. The third kappa shape index (κ3) is 2.56. The lowest BCUT2D eigenvalue weighted by atomic mass is 10.2. The van der Waals surface area contributed by atoms with Gasteiger partial charge in [-0.05, 0) is 12.5 Å². The number of pyridine rings is 1. The normalized spacial score (nSPS) is 12.1. The highest BCUT2D eigenvalue weighted by molar-refractivity contribution is 8.13. The molecule has 8 heteroatoms. The molecule has 0 aromatic carbocycles. The monoisotopic (exact) mass is 275 g/mol. The van der Waals surface area contributed by atoms with Gasteiger partial charge in [0.15, 0.2) is 0 Å². The molecule has 1 aromatic rings. The molecule has 0 saturated carbocycles. The van der Waals surface area contributed by atoms with Crippen LogP contribution in [0.5, 0.6) is 0 Å². The van der Waals surface area contributed by atoms with Gasteiger partial charge >= 0.3 is 0 Å². The molecule has 0 unspecified atom stereocenters. The number of halogens is 4. The zero-order valence-electron chi connectivity index (χ0n) is 7.34. The molecule has 0 aliphatic rings. The summed E-state index contributed by atoms with van der Waals surface area (Å²) in [6.45, 7) is 1.20. The highest BCUT2D eigenvalue weighted by Gasteiger charge is 2.24. The van der Waals surface area contributed by atoms with Gasteiger partial charge in [0.1, 0.15) is 10.0 Å². The third-order valence-corrected chi connectivity index (χ3v) is 3.61. The van der Waals surface area contributed by atoms with Gasteiger partial charge < -0.3 is 0 Å². The van der Waals surface area contributed by atoms with Crippen molar-refractivity contribution < 1.29 is 17.2 Å². The first kappa shape index (κ1) is 12.6. The van der Waals surface area contributed by atoms with Crippen molar-refractivity contribution in [1.29, 1.82) is 0 Å². The zero-order chi connectivity index (χ0) is 11.8. The second-order valence-corrected chi connectivity index (χ2v) is 5.56. The quantitative estimate of drug-likeness (QED) is 0.616. The van der Waals surface area contributed by atoms with E-state index in [1.54, 1.807) is 0 Å². The largest absolute Gasteiger partial charge is 0.265 e. The van der Waals surface area contributed by atoms with Gasteiger partial charge in [0.25, 0.3) is 15.5 Å². The molecule has 3 nitrogen and oxygen atoms in total. The summed E-state index contributed by atoms with van der Waals surface area (Å²) in [4.78, 5) is 2.78. The van der Waals surface area contributed by atoms with E-state index < -0.39 is 31.1 Å². The lowest BCUT2D eigenvalue weighted by molar-refractivity contribution is 0.150. The fourth-order valence-electron chi connectivity index (χ4n) is 1.07. The van der Waals surface area contributed by atoms with Crippen molar-refractivity contribution in [2.24, 2.45) is 0 Å². The highest BCUT2D eigenvalue weighted by Crippen LogP contribution is 2.32. The van der Waals surface area contributed by atoms with Gasteiger partial charge in [0.2, 0.25) is 0 Å². The molecule has 0 amide bonds. The van der Waals surface area contributed by atoms with Crippen LogP contribution in [0.2, 0.25) is 5.15 Å². The van der Waals surface area contributed by atoms with Crippen molar-refractivity contribution in [3.63, 3.8) is 0 Å². The fraction of sp³-hybridized carbons (Fsp3) is 0.286. The predicted molar refractivity (Wildman–Crippen MR) is 52.0 cm³/mol. The molecule has 0 aliphatic carbocycles. The summed E-state index contributed by atoms with van der Waals surface area (Å²) in [5.41, 5.74) is -0.682. The standard InChI is InChI=1S/C7H5Cl2F2NO2S/c1-3-4(7(10)11)2-12-6(8)5(3)15(9,13)14/h2,7H,1H3. The summed E-state index contributed by atoms with van der Waals surface area (Å²) >= 11 is 5.47. The minimum atomic E-state index is -4.18. The predicted octanol–water partition coefficient (Wildman–Crippen LogP) is 2.91. The van der Waals surface area contributed by atoms with E-state index in [1.165, 1.54) is 6.92 Å². The van der Waals surface area contributed by atoms with Crippen LogP contribution in [-0.4, -0.2) is 13.4 Å². The van der Waals surface area contributed by atoms with Gasteiger partial charge in [-0.25, -0.2) is 22.2 Å². The molecule has 0 bridgehead atoms. The van der Waals surface area contributed by atoms with E-state index in [9.17, 15) is 17.2 Å². The molecule has 1 heterocycles. The summed E-state index contributed by atoms with van der Waals surface area (Å²) in [6.07, 6.45) is -2.00. The third-order valence-electron chi connectivity index (χ3n) is 1.76. The van der Waals surface area contributed by atoms with E-state index in [0.29, 0.717) is 0 Å². The van der Waals surface area contributed by atoms with E-state index in [4.69, 9.17) is 22.3 Å². The summed E-state index contributed by atoms with van der Waals surface area (Å²) in [5, 5.41) is -0.410. The number of rotatable bonds is 2. The minimum Gasteiger partial charge on any atom is -0.243 e. The Morgan fingerprint density at radius 3 is 2.40 bits per heavy atom. The summed E-state index contributed by atoms with van der Waals surface area (Å²) in [5.74, 6) is 0. The van der Waals surface area contributed by atoms with Crippen LogP contribution in [0, 0.1) is 6.92 Å². The Balaban J connectivity index is 3.59. The molecule has 0 aliphatic heterocycles. The average Bonchev–Trinajstić information content (AvgIpc) is 2.00. The maximum atomic E-state index is 12.4. The number of hydrogen-bond donors (Lipinski definition) is 0. The Morgan fingerprint density at radius 2 is 2.00 bits per heavy atom. The van der Waals surface area contributed by atoms with Gasteiger partial charge in [0, 0.05) is 22.4 Å². The van der Waals surface area contributed by atoms with Crippen LogP contribution >= 0.6 is 22.3 Å². The molecule has 84 valence electrons. The maximum absolute atomic E-state index is 12.4. The molecular weight excluding hydrogens is 271 g/mol. The van der Waals surface area contributed by atoms with Crippen molar-refractivity contribution >= 4 is 31.3 Å². The number of alkyl halides is 2. The molecule has 0 spiro atoms. The van der Waals surface area contributed by atoms with E-state index in [1.807, 2.05) is 0 Å². The Labute approximate surface area is 94.4 Å². The molecule has 0 atom stereocenters. The van der Waals surface area contributed by atoms with Crippen LogP contribution in [0.25, 0.3) is 0 Å². The molecule has 0 N–H and O–H groups in total. The van der Waals surface area contributed by atoms with Gasteiger partial charge in [-0.2, -0.15) is 0 Å². The second kappa shape index (κ2) is 4.19. The lowest BCUT2D eigenvalue weighted by Gasteiger charge is -2.08. The number of nitrogens with zero attached hydrogens (tertiary/aromatic N) is 1. The first-order chi connectivity index (χ1) is 6.75. The maximum Gasteiger partial charge on any atom is 0.265 e. The topological polar surface area (TPSA) is 47.0 Å². The highest BCUT2D eigenvalue weighted by atomic mass is 35.7. The first-order valence-electron chi connectivity index (χ1n) is 3.63. The lowest BCUT2D eigenvalue weighted by Crippen LogP contribution is -2.02. The van der Waals surface area contributed by atoms with Crippen LogP contribution in [0.1, 0.15) is 17.6 Å². The van der Waals surface area contributed by atoms with E-state index in [0.717, 1.165) is 6.20 Å². The van der Waals surface area contributed by atoms with Gasteiger partial charge in [0.05, 0.1) is 0 Å².